The first-order chi connectivity index (χ1) is 18.5. The van der Waals surface area contributed by atoms with Crippen LogP contribution >= 0.6 is 0 Å². The monoisotopic (exact) mass is 516 g/mol. The van der Waals surface area contributed by atoms with Crippen LogP contribution in [0.3, 0.4) is 0 Å². The summed E-state index contributed by atoms with van der Waals surface area (Å²) >= 11 is 0. The number of nitrogens with one attached hydrogen (secondary N) is 1. The second-order valence-corrected chi connectivity index (χ2v) is 10.3. The zero-order valence-electron chi connectivity index (χ0n) is 21.3. The van der Waals surface area contributed by atoms with Crippen molar-refractivity contribution in [1.29, 1.82) is 0 Å². The summed E-state index contributed by atoms with van der Waals surface area (Å²) in [6.07, 6.45) is 3.86. The Morgan fingerprint density at radius 3 is 2.42 bits per heavy atom. The lowest BCUT2D eigenvalue weighted by Crippen LogP contribution is -2.56. The van der Waals surface area contributed by atoms with Gasteiger partial charge in [-0.15, -0.1) is 0 Å². The van der Waals surface area contributed by atoms with Gasteiger partial charge in [-0.05, 0) is 55.5 Å². The van der Waals surface area contributed by atoms with E-state index in [1.54, 1.807) is 11.0 Å². The smallest absolute Gasteiger partial charge is 0.349 e. The average Bonchev–Trinajstić information content (AvgIpc) is 2.96. The number of aliphatic hydroxyl groups is 1. The van der Waals surface area contributed by atoms with Crippen LogP contribution in [-0.4, -0.2) is 73.7 Å². The molecule has 1 saturated heterocycles. The number of piperazine rings is 1. The number of rotatable bonds is 5. The van der Waals surface area contributed by atoms with Crippen molar-refractivity contribution < 1.29 is 19.1 Å². The maximum Gasteiger partial charge on any atom is 0.349 e. The van der Waals surface area contributed by atoms with Crippen LogP contribution in [0, 0.1) is 0 Å². The van der Waals surface area contributed by atoms with Gasteiger partial charge in [0.1, 0.15) is 17.2 Å². The second kappa shape index (κ2) is 10.1. The number of hydrogen-bond donors (Lipinski definition) is 2. The number of carbonyl (C=O) groups excluding carboxylic acids is 2. The molecule has 1 fully saturated rings. The lowest BCUT2D eigenvalue weighted by Gasteiger charge is -2.37. The average molecular weight is 517 g/mol. The van der Waals surface area contributed by atoms with Crippen LogP contribution < -0.4 is 20.7 Å². The molecule has 2 N–H and O–H groups in total. The lowest BCUT2D eigenvalue weighted by molar-refractivity contribution is -0.134. The minimum Gasteiger partial charge on any atom is -0.422 e. The Kier molecular flexibility index (Phi) is 6.53. The molecule has 0 spiro atoms. The Hall–Kier alpha value is -3.85. The van der Waals surface area contributed by atoms with Gasteiger partial charge in [0, 0.05) is 61.6 Å². The van der Waals surface area contributed by atoms with Crippen LogP contribution in [0.5, 0.6) is 0 Å². The van der Waals surface area contributed by atoms with Gasteiger partial charge in [-0.25, -0.2) is 4.79 Å². The molecule has 9 nitrogen and oxygen atoms in total. The van der Waals surface area contributed by atoms with E-state index in [0.717, 1.165) is 55.4 Å². The molecule has 3 aromatic rings. The molecule has 38 heavy (non-hydrogen) atoms. The van der Waals surface area contributed by atoms with Gasteiger partial charge in [0.05, 0.1) is 6.61 Å². The van der Waals surface area contributed by atoms with Crippen molar-refractivity contribution in [2.45, 2.75) is 31.7 Å². The third kappa shape index (κ3) is 4.41. The number of aryl methyl sites for hydroxylation is 2. The molecule has 2 amide bonds. The number of anilines is 2. The number of carbonyl (C=O) groups is 2. The maximum absolute atomic E-state index is 13.1. The van der Waals surface area contributed by atoms with Gasteiger partial charge in [-0.2, -0.15) is 0 Å². The number of aliphatic hydroxyl groups excluding tert-OH is 1. The van der Waals surface area contributed by atoms with E-state index in [2.05, 4.69) is 15.1 Å². The number of nitrogens with zero attached hydrogens (tertiary/aromatic N) is 3. The van der Waals surface area contributed by atoms with E-state index in [-0.39, 0.29) is 11.5 Å². The SMILES string of the molecule is O=C(NC(CO)C(=O)N1CCN(c2ccccc2)CC1)c1cc2cc3c4c(c2oc1=O)CCCN4CCC3. The summed E-state index contributed by atoms with van der Waals surface area (Å²) < 4.78 is 5.72. The van der Waals surface area contributed by atoms with Gasteiger partial charge < -0.3 is 29.5 Å². The molecule has 1 aromatic heterocycles. The normalized spacial score (nSPS) is 17.8. The van der Waals surface area contributed by atoms with Crippen molar-refractivity contribution in [3.63, 3.8) is 0 Å². The third-order valence-electron chi connectivity index (χ3n) is 7.96. The third-order valence-corrected chi connectivity index (χ3v) is 7.96. The summed E-state index contributed by atoms with van der Waals surface area (Å²) in [6.45, 7) is 3.71. The summed E-state index contributed by atoms with van der Waals surface area (Å²) in [4.78, 5) is 45.4. The summed E-state index contributed by atoms with van der Waals surface area (Å²) in [6, 6.07) is 12.4. The van der Waals surface area contributed by atoms with Crippen molar-refractivity contribution in [1.82, 2.24) is 10.2 Å². The molecule has 0 bridgehead atoms. The highest BCUT2D eigenvalue weighted by Crippen LogP contribution is 2.39. The summed E-state index contributed by atoms with van der Waals surface area (Å²) in [5.41, 5.74) is 4.20. The van der Waals surface area contributed by atoms with Crippen molar-refractivity contribution in [3.8, 4) is 0 Å². The molecule has 4 heterocycles. The predicted molar refractivity (Wildman–Crippen MR) is 145 cm³/mol. The van der Waals surface area contributed by atoms with Crippen molar-refractivity contribution in [2.24, 2.45) is 0 Å². The molecule has 2 aromatic carbocycles. The molecular weight excluding hydrogens is 484 g/mol. The molecule has 3 aliphatic heterocycles. The molecule has 1 unspecified atom stereocenters. The Bertz CT molecular complexity index is 1430. The van der Waals surface area contributed by atoms with E-state index >= 15 is 0 Å². The van der Waals surface area contributed by atoms with E-state index < -0.39 is 24.2 Å². The van der Waals surface area contributed by atoms with E-state index in [4.69, 9.17) is 4.42 Å². The Morgan fingerprint density at radius 1 is 0.947 bits per heavy atom. The zero-order valence-corrected chi connectivity index (χ0v) is 21.3. The second-order valence-electron chi connectivity index (χ2n) is 10.3. The van der Waals surface area contributed by atoms with Crippen LogP contribution in [-0.2, 0) is 17.6 Å². The molecule has 0 aliphatic carbocycles. The minimum atomic E-state index is -1.14. The molecular formula is C29H32N4O5. The molecule has 1 atom stereocenters. The van der Waals surface area contributed by atoms with Gasteiger partial charge in [-0.3, -0.25) is 9.59 Å². The van der Waals surface area contributed by atoms with E-state index in [1.807, 2.05) is 36.4 Å². The van der Waals surface area contributed by atoms with E-state index in [0.29, 0.717) is 31.8 Å². The fraction of sp³-hybridized carbons (Fsp3) is 0.414. The first-order valence-electron chi connectivity index (χ1n) is 13.4. The molecule has 0 radical (unpaired) electrons. The largest absolute Gasteiger partial charge is 0.422 e. The summed E-state index contributed by atoms with van der Waals surface area (Å²) in [5.74, 6) is -1.08. The molecule has 198 valence electrons. The quantitative estimate of drug-likeness (QED) is 0.499. The number of fused-ring (bicyclic) bond motifs is 2. The van der Waals surface area contributed by atoms with Gasteiger partial charge in [0.15, 0.2) is 0 Å². The minimum absolute atomic E-state index is 0.159. The lowest BCUT2D eigenvalue weighted by atomic mass is 9.90. The predicted octanol–water partition coefficient (Wildman–Crippen LogP) is 1.93. The van der Waals surface area contributed by atoms with Crippen molar-refractivity contribution in [3.05, 3.63) is 69.6 Å². The van der Waals surface area contributed by atoms with Gasteiger partial charge in [0.25, 0.3) is 5.91 Å². The first kappa shape index (κ1) is 24.5. The first-order valence-corrected chi connectivity index (χ1v) is 13.4. The van der Waals surface area contributed by atoms with Crippen LogP contribution in [0.1, 0.15) is 34.3 Å². The highest BCUT2D eigenvalue weighted by atomic mass is 16.4. The topological polar surface area (TPSA) is 106 Å². The zero-order chi connectivity index (χ0) is 26.2. The fourth-order valence-electron chi connectivity index (χ4n) is 6.07. The van der Waals surface area contributed by atoms with Crippen LogP contribution in [0.4, 0.5) is 11.4 Å². The van der Waals surface area contributed by atoms with Gasteiger partial charge >= 0.3 is 5.63 Å². The number of amides is 2. The van der Waals surface area contributed by atoms with Crippen LogP contribution in [0.2, 0.25) is 0 Å². The van der Waals surface area contributed by atoms with Crippen LogP contribution in [0.15, 0.2) is 51.7 Å². The van der Waals surface area contributed by atoms with Gasteiger partial charge in [-0.1, -0.05) is 18.2 Å². The van der Waals surface area contributed by atoms with Crippen molar-refractivity contribution in [2.75, 3.05) is 55.7 Å². The standard InChI is InChI=1S/C29H32N4O5/c34-18-24(28(36)33-14-12-31(13-15-33)21-7-2-1-3-8-21)30-27(35)23-17-20-16-19-6-4-10-32-11-5-9-22(25(19)32)26(20)38-29(23)37/h1-3,7-8,16-17,24,34H,4-6,9-15,18H2,(H,30,35). The summed E-state index contributed by atoms with van der Waals surface area (Å²) in [7, 11) is 0. The van der Waals surface area contributed by atoms with E-state index in [1.165, 1.54) is 11.3 Å². The highest BCUT2D eigenvalue weighted by Gasteiger charge is 2.31. The Labute approximate surface area is 220 Å². The van der Waals surface area contributed by atoms with Gasteiger partial charge in [0.2, 0.25) is 5.91 Å². The highest BCUT2D eigenvalue weighted by molar-refractivity contribution is 6.00. The maximum atomic E-state index is 13.1. The molecule has 9 heteroatoms. The summed E-state index contributed by atoms with van der Waals surface area (Å²) in [5, 5.41) is 13.2. The number of benzene rings is 2. The number of para-hydroxylation sites is 1. The van der Waals surface area contributed by atoms with E-state index in [9.17, 15) is 19.5 Å². The van der Waals surface area contributed by atoms with Crippen LogP contribution in [0.25, 0.3) is 11.0 Å². The number of hydrogen-bond acceptors (Lipinski definition) is 7. The molecule has 3 aliphatic rings. The Balaban J connectivity index is 1.19. The Morgan fingerprint density at radius 2 is 1.68 bits per heavy atom. The fourth-order valence-corrected chi connectivity index (χ4v) is 6.07. The molecule has 0 saturated carbocycles. The van der Waals surface area contributed by atoms with Crippen molar-refractivity contribution >= 4 is 34.2 Å². The molecule has 6 rings (SSSR count).